The second kappa shape index (κ2) is 9.52. The number of rotatable bonds is 7. The van der Waals surface area contributed by atoms with Gasteiger partial charge >= 0.3 is 6.03 Å². The molecule has 1 aliphatic rings. The van der Waals surface area contributed by atoms with Gasteiger partial charge in [-0.2, -0.15) is 0 Å². The fraction of sp³-hybridized carbons (Fsp3) is 0.632. The van der Waals surface area contributed by atoms with Crippen LogP contribution in [0.4, 0.5) is 10.5 Å². The number of amides is 2. The van der Waals surface area contributed by atoms with E-state index in [2.05, 4.69) is 29.4 Å². The summed E-state index contributed by atoms with van der Waals surface area (Å²) in [5.74, 6) is 2.03. The molecule has 0 aliphatic carbocycles. The molecule has 1 aliphatic heterocycles. The fourth-order valence-electron chi connectivity index (χ4n) is 3.24. The van der Waals surface area contributed by atoms with Gasteiger partial charge in [-0.15, -0.1) is 0 Å². The van der Waals surface area contributed by atoms with Crippen molar-refractivity contribution < 1.29 is 19.0 Å². The Balaban J connectivity index is 1.88. The highest BCUT2D eigenvalue weighted by atomic mass is 16.5. The maximum atomic E-state index is 12.2. The number of likely N-dealkylation sites (tertiary alicyclic amines) is 1. The highest BCUT2D eigenvalue weighted by molar-refractivity contribution is 5.90. The third kappa shape index (κ3) is 5.17. The standard InChI is InChI=1S/C19H31N3O4/c1-13(2)22-8-6-14(7-9-22)12-20-19(23)21-15-10-16(24-3)18(26-5)17(11-15)25-4/h10-11,13-14H,6-9,12H2,1-5H3,(H2,20,21,23). The zero-order valence-electron chi connectivity index (χ0n) is 16.4. The Hall–Kier alpha value is -2.15. The fourth-order valence-corrected chi connectivity index (χ4v) is 3.24. The number of methoxy groups -OCH3 is 3. The minimum absolute atomic E-state index is 0.231. The van der Waals surface area contributed by atoms with Crippen molar-refractivity contribution in [2.45, 2.75) is 32.7 Å². The number of ether oxygens (including phenoxy) is 3. The summed E-state index contributed by atoms with van der Waals surface area (Å²) in [5.41, 5.74) is 0.589. The van der Waals surface area contributed by atoms with Gasteiger partial charge in [-0.1, -0.05) is 0 Å². The third-order valence-corrected chi connectivity index (χ3v) is 4.85. The second-order valence-electron chi connectivity index (χ2n) is 6.82. The van der Waals surface area contributed by atoms with Gasteiger partial charge in [0.1, 0.15) is 0 Å². The monoisotopic (exact) mass is 365 g/mol. The van der Waals surface area contributed by atoms with Crippen LogP contribution in [0, 0.1) is 5.92 Å². The lowest BCUT2D eigenvalue weighted by atomic mass is 9.96. The van der Waals surface area contributed by atoms with Crippen molar-refractivity contribution >= 4 is 11.7 Å². The number of carbonyl (C=O) groups excluding carboxylic acids is 1. The highest BCUT2D eigenvalue weighted by Gasteiger charge is 2.21. The predicted molar refractivity (Wildman–Crippen MR) is 103 cm³/mol. The predicted octanol–water partition coefficient (Wildman–Crippen LogP) is 2.95. The van der Waals surface area contributed by atoms with Gasteiger partial charge in [-0.25, -0.2) is 4.79 Å². The Labute approximate surface area is 156 Å². The van der Waals surface area contributed by atoms with Crippen LogP contribution in [-0.2, 0) is 0 Å². The summed E-state index contributed by atoms with van der Waals surface area (Å²) in [7, 11) is 4.64. The zero-order chi connectivity index (χ0) is 19.1. The summed E-state index contributed by atoms with van der Waals surface area (Å²) >= 11 is 0. The molecule has 2 rings (SSSR count). The summed E-state index contributed by atoms with van der Waals surface area (Å²) in [5, 5.41) is 5.80. The molecule has 1 aromatic carbocycles. The van der Waals surface area contributed by atoms with Gasteiger partial charge in [0.2, 0.25) is 5.75 Å². The van der Waals surface area contributed by atoms with Crippen LogP contribution < -0.4 is 24.8 Å². The number of hydrogen-bond acceptors (Lipinski definition) is 5. The van der Waals surface area contributed by atoms with E-state index in [1.165, 1.54) is 0 Å². The molecule has 0 saturated carbocycles. The van der Waals surface area contributed by atoms with Crippen LogP contribution in [0.5, 0.6) is 17.2 Å². The Morgan fingerprint density at radius 3 is 2.15 bits per heavy atom. The van der Waals surface area contributed by atoms with Crippen LogP contribution in [0.2, 0.25) is 0 Å². The number of piperidine rings is 1. The molecule has 0 spiro atoms. The van der Waals surface area contributed by atoms with Crippen LogP contribution in [0.25, 0.3) is 0 Å². The number of nitrogens with zero attached hydrogens (tertiary/aromatic N) is 1. The summed E-state index contributed by atoms with van der Waals surface area (Å²) in [6.45, 7) is 7.33. The van der Waals surface area contributed by atoms with E-state index >= 15 is 0 Å². The van der Waals surface area contributed by atoms with Gasteiger partial charge in [0.25, 0.3) is 0 Å². The van der Waals surface area contributed by atoms with E-state index in [0.717, 1.165) is 25.9 Å². The molecule has 7 nitrogen and oxygen atoms in total. The Morgan fingerprint density at radius 1 is 1.12 bits per heavy atom. The number of nitrogens with one attached hydrogen (secondary N) is 2. The summed E-state index contributed by atoms with van der Waals surface area (Å²) in [6.07, 6.45) is 2.23. The summed E-state index contributed by atoms with van der Waals surface area (Å²) < 4.78 is 15.9. The first kappa shape index (κ1) is 20.2. The largest absolute Gasteiger partial charge is 0.493 e. The van der Waals surface area contributed by atoms with Crippen molar-refractivity contribution in [2.75, 3.05) is 46.3 Å². The molecule has 146 valence electrons. The average molecular weight is 365 g/mol. The number of urea groups is 1. The number of benzene rings is 1. The van der Waals surface area contributed by atoms with Crippen molar-refractivity contribution in [3.8, 4) is 17.2 Å². The number of hydrogen-bond donors (Lipinski definition) is 2. The first-order valence-electron chi connectivity index (χ1n) is 9.07. The van der Waals surface area contributed by atoms with Crippen LogP contribution in [0.1, 0.15) is 26.7 Å². The molecule has 7 heteroatoms. The maximum absolute atomic E-state index is 12.2. The SMILES string of the molecule is COc1cc(NC(=O)NCC2CCN(C(C)C)CC2)cc(OC)c1OC. The Bertz CT molecular complexity index is 573. The zero-order valence-corrected chi connectivity index (χ0v) is 16.4. The van der Waals surface area contributed by atoms with Crippen LogP contribution >= 0.6 is 0 Å². The first-order valence-corrected chi connectivity index (χ1v) is 9.07. The van der Waals surface area contributed by atoms with Gasteiger partial charge < -0.3 is 29.7 Å². The van der Waals surface area contributed by atoms with Gasteiger partial charge in [0, 0.05) is 24.7 Å². The average Bonchev–Trinajstić information content (AvgIpc) is 2.65. The molecule has 0 unspecified atom stereocenters. The minimum atomic E-state index is -0.231. The van der Waals surface area contributed by atoms with E-state index in [-0.39, 0.29) is 6.03 Å². The molecule has 0 atom stereocenters. The summed E-state index contributed by atoms with van der Waals surface area (Å²) in [4.78, 5) is 14.7. The van der Waals surface area contributed by atoms with Crippen molar-refractivity contribution in [3.63, 3.8) is 0 Å². The molecule has 0 radical (unpaired) electrons. The molecule has 0 aromatic heterocycles. The van der Waals surface area contributed by atoms with Gasteiger partial charge in [0.05, 0.1) is 27.0 Å². The van der Waals surface area contributed by atoms with Crippen LogP contribution in [0.3, 0.4) is 0 Å². The normalized spacial score (nSPS) is 15.6. The van der Waals surface area contributed by atoms with E-state index in [4.69, 9.17) is 14.2 Å². The molecular weight excluding hydrogens is 334 g/mol. The minimum Gasteiger partial charge on any atom is -0.493 e. The van der Waals surface area contributed by atoms with E-state index < -0.39 is 0 Å². The smallest absolute Gasteiger partial charge is 0.319 e. The van der Waals surface area contributed by atoms with Gasteiger partial charge in [-0.05, 0) is 45.7 Å². The number of carbonyl (C=O) groups is 1. The van der Waals surface area contributed by atoms with Crippen molar-refractivity contribution in [1.29, 1.82) is 0 Å². The van der Waals surface area contributed by atoms with E-state index in [1.807, 2.05) is 0 Å². The first-order chi connectivity index (χ1) is 12.5. The molecule has 1 aromatic rings. The van der Waals surface area contributed by atoms with Gasteiger partial charge in [-0.3, -0.25) is 0 Å². The summed E-state index contributed by atoms with van der Waals surface area (Å²) in [6, 6.07) is 3.78. The topological polar surface area (TPSA) is 72.1 Å². The van der Waals surface area contributed by atoms with Crippen molar-refractivity contribution in [2.24, 2.45) is 5.92 Å². The lowest BCUT2D eigenvalue weighted by Crippen LogP contribution is -2.42. The van der Waals surface area contributed by atoms with E-state index in [9.17, 15) is 4.79 Å². The molecule has 26 heavy (non-hydrogen) atoms. The van der Waals surface area contributed by atoms with E-state index in [0.29, 0.717) is 41.4 Å². The lowest BCUT2D eigenvalue weighted by molar-refractivity contribution is 0.149. The molecule has 1 fully saturated rings. The third-order valence-electron chi connectivity index (χ3n) is 4.85. The number of anilines is 1. The highest BCUT2D eigenvalue weighted by Crippen LogP contribution is 2.39. The second-order valence-corrected chi connectivity index (χ2v) is 6.82. The maximum Gasteiger partial charge on any atom is 0.319 e. The molecular formula is C19H31N3O4. The van der Waals surface area contributed by atoms with E-state index in [1.54, 1.807) is 33.5 Å². The Morgan fingerprint density at radius 2 is 1.69 bits per heavy atom. The Kier molecular flexibility index (Phi) is 7.38. The van der Waals surface area contributed by atoms with Crippen LogP contribution in [0.15, 0.2) is 12.1 Å². The van der Waals surface area contributed by atoms with Crippen molar-refractivity contribution in [1.82, 2.24) is 10.2 Å². The van der Waals surface area contributed by atoms with Crippen molar-refractivity contribution in [3.05, 3.63) is 12.1 Å². The lowest BCUT2D eigenvalue weighted by Gasteiger charge is -2.34. The quantitative estimate of drug-likeness (QED) is 0.777. The molecule has 0 bridgehead atoms. The molecule has 2 amide bonds. The molecule has 1 heterocycles. The molecule has 2 N–H and O–H groups in total. The molecule has 1 saturated heterocycles. The van der Waals surface area contributed by atoms with Crippen LogP contribution in [-0.4, -0.2) is 57.9 Å². The van der Waals surface area contributed by atoms with Gasteiger partial charge in [0.15, 0.2) is 11.5 Å².